The highest BCUT2D eigenvalue weighted by atomic mass is 16.5. The lowest BCUT2D eigenvalue weighted by Gasteiger charge is -2.04. The molecule has 0 spiro atoms. The third-order valence-corrected chi connectivity index (χ3v) is 2.95. The zero-order chi connectivity index (χ0) is 16.5. The summed E-state index contributed by atoms with van der Waals surface area (Å²) in [6, 6.07) is 14.2. The Bertz CT molecular complexity index is 685. The number of esters is 1. The van der Waals surface area contributed by atoms with E-state index >= 15 is 0 Å². The van der Waals surface area contributed by atoms with Gasteiger partial charge in [0.1, 0.15) is 0 Å². The van der Waals surface area contributed by atoms with Crippen LogP contribution < -0.4 is 9.99 Å². The maximum absolute atomic E-state index is 12.0. The van der Waals surface area contributed by atoms with Gasteiger partial charge in [-0.05, 0) is 19.1 Å². The molecule has 0 fully saturated rings. The molecule has 118 valence electrons. The number of nitrogens with zero attached hydrogens (tertiary/aromatic N) is 2. The molecule has 2 aromatic rings. The van der Waals surface area contributed by atoms with E-state index in [1.807, 2.05) is 24.3 Å². The highest BCUT2D eigenvalue weighted by Crippen LogP contribution is 1.98. The maximum atomic E-state index is 12.0. The van der Waals surface area contributed by atoms with Crippen LogP contribution in [0.15, 0.2) is 66.0 Å². The van der Waals surface area contributed by atoms with Crippen LogP contribution in [-0.2, 0) is 16.1 Å². The predicted molar refractivity (Wildman–Crippen MR) is 84.6 cm³/mol. The number of hydrogen-bond donors (Lipinski definition) is 1. The molecule has 1 amide bonds. The molecule has 1 heterocycles. The van der Waals surface area contributed by atoms with Gasteiger partial charge in [-0.15, -0.1) is 0 Å². The molecule has 2 rings (SSSR count). The summed E-state index contributed by atoms with van der Waals surface area (Å²) in [6.07, 6.45) is 3.60. The average Bonchev–Trinajstić information content (AvgIpc) is 2.60. The van der Waals surface area contributed by atoms with E-state index in [-0.39, 0.29) is 24.8 Å². The minimum Gasteiger partial charge on any atom is -0.461 e. The van der Waals surface area contributed by atoms with E-state index in [0.717, 1.165) is 0 Å². The molecule has 0 saturated heterocycles. The number of carbonyl (C=O) groups is 2. The Morgan fingerprint density at radius 3 is 2.39 bits per heavy atom. The second-order valence-electron chi connectivity index (χ2n) is 4.63. The summed E-state index contributed by atoms with van der Waals surface area (Å²) >= 11 is 0. The molecule has 6 nitrogen and oxygen atoms in total. The molecule has 0 bridgehead atoms. The fourth-order valence-corrected chi connectivity index (χ4v) is 1.84. The molecule has 0 aliphatic heterocycles. The number of amides is 1. The first-order chi connectivity index (χ1) is 11.2. The predicted octanol–water partition coefficient (Wildman–Crippen LogP) is 1.32. The normalized spacial score (nSPS) is 10.9. The lowest BCUT2D eigenvalue weighted by atomic mass is 10.2. The number of rotatable bonds is 6. The molecular formula is C17H18N3O3+. The Hall–Kier alpha value is -3.02. The lowest BCUT2D eigenvalue weighted by Crippen LogP contribution is -2.41. The molecule has 1 aromatic carbocycles. The fourth-order valence-electron chi connectivity index (χ4n) is 1.84. The van der Waals surface area contributed by atoms with Crippen LogP contribution in [-0.4, -0.2) is 24.2 Å². The Balaban J connectivity index is 2.12. The summed E-state index contributed by atoms with van der Waals surface area (Å²) in [5.74, 6) is -0.942. The van der Waals surface area contributed by atoms with E-state index in [0.29, 0.717) is 5.56 Å². The molecular weight excluding hydrogens is 294 g/mol. The van der Waals surface area contributed by atoms with Gasteiger partial charge in [-0.2, -0.15) is 9.67 Å². The van der Waals surface area contributed by atoms with Crippen LogP contribution in [0.2, 0.25) is 0 Å². The van der Waals surface area contributed by atoms with Crippen molar-refractivity contribution in [3.8, 4) is 0 Å². The summed E-state index contributed by atoms with van der Waals surface area (Å²) in [5.41, 5.74) is 2.98. The second-order valence-corrected chi connectivity index (χ2v) is 4.63. The highest BCUT2D eigenvalue weighted by Gasteiger charge is 2.18. The third kappa shape index (κ3) is 5.03. The van der Waals surface area contributed by atoms with Crippen molar-refractivity contribution >= 4 is 17.6 Å². The van der Waals surface area contributed by atoms with E-state index in [1.54, 1.807) is 48.1 Å². The first-order valence-corrected chi connectivity index (χ1v) is 7.24. The summed E-state index contributed by atoms with van der Waals surface area (Å²) in [4.78, 5) is 24.0. The highest BCUT2D eigenvalue weighted by molar-refractivity contribution is 6.36. The molecule has 0 aliphatic carbocycles. The van der Waals surface area contributed by atoms with E-state index in [4.69, 9.17) is 4.74 Å². The summed E-state index contributed by atoms with van der Waals surface area (Å²) in [6.45, 7) is 2.16. The van der Waals surface area contributed by atoms with Gasteiger partial charge in [-0.1, -0.05) is 24.3 Å². The zero-order valence-corrected chi connectivity index (χ0v) is 12.8. The Labute approximate surface area is 134 Å². The van der Waals surface area contributed by atoms with Gasteiger partial charge >= 0.3 is 5.97 Å². The molecule has 1 N–H and O–H groups in total. The van der Waals surface area contributed by atoms with Crippen LogP contribution in [0.5, 0.6) is 0 Å². The monoisotopic (exact) mass is 312 g/mol. The van der Waals surface area contributed by atoms with E-state index < -0.39 is 5.97 Å². The third-order valence-electron chi connectivity index (χ3n) is 2.95. The topological polar surface area (TPSA) is 71.6 Å². The fraction of sp³-hybridized carbons (Fsp3) is 0.176. The van der Waals surface area contributed by atoms with Crippen molar-refractivity contribution in [2.75, 3.05) is 6.61 Å². The van der Waals surface area contributed by atoms with Crippen molar-refractivity contribution in [3.05, 3.63) is 66.5 Å². The van der Waals surface area contributed by atoms with Crippen LogP contribution in [0.25, 0.3) is 0 Å². The van der Waals surface area contributed by atoms with Gasteiger partial charge in [0, 0.05) is 17.7 Å². The van der Waals surface area contributed by atoms with Gasteiger partial charge in [0.2, 0.25) is 5.71 Å². The number of hydrazone groups is 1. The smallest absolute Gasteiger partial charge is 0.361 e. The quantitative estimate of drug-likeness (QED) is 0.378. The van der Waals surface area contributed by atoms with Gasteiger partial charge in [0.05, 0.1) is 6.61 Å². The number of pyridine rings is 1. The van der Waals surface area contributed by atoms with Crippen LogP contribution in [0.1, 0.15) is 17.3 Å². The largest absolute Gasteiger partial charge is 0.461 e. The van der Waals surface area contributed by atoms with Crippen molar-refractivity contribution in [1.82, 2.24) is 5.43 Å². The standard InChI is InChI=1S/C17H17N3O3/c1-2-23-17(22)15(13-20-11-7-4-8-12-20)18-19-16(21)14-9-5-3-6-10-14/h3-12H,2,13H2,1H3/p+1. The molecule has 6 heteroatoms. The molecule has 0 radical (unpaired) electrons. The van der Waals surface area contributed by atoms with Gasteiger partial charge in [-0.3, -0.25) is 4.79 Å². The molecule has 0 saturated carbocycles. The SMILES string of the molecule is CCOC(=O)C(C[n+]1ccccc1)=NNC(=O)c1ccccc1. The van der Waals surface area contributed by atoms with Crippen LogP contribution in [0.4, 0.5) is 0 Å². The van der Waals surface area contributed by atoms with E-state index in [9.17, 15) is 9.59 Å². The number of hydrogen-bond acceptors (Lipinski definition) is 4. The maximum Gasteiger partial charge on any atom is 0.361 e. The zero-order valence-electron chi connectivity index (χ0n) is 12.8. The van der Waals surface area contributed by atoms with Gasteiger partial charge in [-0.25, -0.2) is 10.2 Å². The van der Waals surface area contributed by atoms with Crippen LogP contribution in [0, 0.1) is 0 Å². The molecule has 0 aliphatic rings. The molecule has 1 aromatic heterocycles. The number of ether oxygens (including phenoxy) is 1. The van der Waals surface area contributed by atoms with Crippen molar-refractivity contribution in [2.45, 2.75) is 13.5 Å². The van der Waals surface area contributed by atoms with Gasteiger partial charge in [0.25, 0.3) is 5.91 Å². The first kappa shape index (κ1) is 16.4. The van der Waals surface area contributed by atoms with Crippen molar-refractivity contribution in [3.63, 3.8) is 0 Å². The summed E-state index contributed by atoms with van der Waals surface area (Å²) in [5, 5.41) is 3.94. The summed E-state index contributed by atoms with van der Waals surface area (Å²) in [7, 11) is 0. The van der Waals surface area contributed by atoms with Crippen molar-refractivity contribution in [2.24, 2.45) is 5.10 Å². The van der Waals surface area contributed by atoms with Crippen molar-refractivity contribution < 1.29 is 18.9 Å². The molecule has 0 unspecified atom stereocenters. The van der Waals surface area contributed by atoms with Crippen LogP contribution in [0.3, 0.4) is 0 Å². The lowest BCUT2D eigenvalue weighted by molar-refractivity contribution is -0.681. The Kier molecular flexibility index (Phi) is 5.99. The number of benzene rings is 1. The minimum absolute atomic E-state index is 0.118. The minimum atomic E-state index is -0.558. The van der Waals surface area contributed by atoms with Crippen LogP contribution >= 0.6 is 0 Å². The van der Waals surface area contributed by atoms with Gasteiger partial charge in [0.15, 0.2) is 18.9 Å². The molecule has 0 atom stereocenters. The van der Waals surface area contributed by atoms with Gasteiger partial charge < -0.3 is 4.74 Å². The number of carbonyl (C=O) groups excluding carboxylic acids is 2. The Morgan fingerprint density at radius 1 is 1.09 bits per heavy atom. The average molecular weight is 312 g/mol. The Morgan fingerprint density at radius 2 is 1.74 bits per heavy atom. The first-order valence-electron chi connectivity index (χ1n) is 7.24. The molecule has 23 heavy (non-hydrogen) atoms. The van der Waals surface area contributed by atoms with E-state index in [1.165, 1.54) is 0 Å². The van der Waals surface area contributed by atoms with Crippen molar-refractivity contribution in [1.29, 1.82) is 0 Å². The second kappa shape index (κ2) is 8.43. The van der Waals surface area contributed by atoms with E-state index in [2.05, 4.69) is 10.5 Å². The number of nitrogens with one attached hydrogen (secondary N) is 1. The summed E-state index contributed by atoms with van der Waals surface area (Å²) < 4.78 is 6.75. The number of aromatic nitrogens is 1.